The average Bonchev–Trinajstić information content (AvgIpc) is 2.18. The molecule has 1 N–H and O–H groups in total. The highest BCUT2D eigenvalue weighted by Gasteiger charge is 2.14. The molecule has 3 heteroatoms. The Morgan fingerprint density at radius 1 is 1.40 bits per heavy atom. The Bertz CT molecular complexity index is 314. The molecule has 15 heavy (non-hydrogen) atoms. The number of thioether (sulfide) groups is 1. The van der Waals surface area contributed by atoms with Crippen LogP contribution in [0.5, 0.6) is 0 Å². The van der Waals surface area contributed by atoms with Gasteiger partial charge in [-0.05, 0) is 31.4 Å². The second kappa shape index (κ2) is 6.13. The van der Waals surface area contributed by atoms with E-state index in [-0.39, 0.29) is 11.9 Å². The minimum Gasteiger partial charge on any atom is -0.310 e. The lowest BCUT2D eigenvalue weighted by molar-refractivity contribution is 0.531. The van der Waals surface area contributed by atoms with Crippen molar-refractivity contribution in [1.29, 1.82) is 0 Å². The van der Waals surface area contributed by atoms with Crippen LogP contribution in [0.3, 0.4) is 0 Å². The van der Waals surface area contributed by atoms with Crippen LogP contribution >= 0.6 is 11.8 Å². The second-order valence-corrected chi connectivity index (χ2v) is 4.67. The maximum Gasteiger partial charge on any atom is 0.129 e. The normalized spacial score (nSPS) is 12.8. The van der Waals surface area contributed by atoms with Gasteiger partial charge in [0.25, 0.3) is 0 Å². The third kappa shape index (κ3) is 3.21. The van der Waals surface area contributed by atoms with Crippen molar-refractivity contribution in [3.63, 3.8) is 0 Å². The van der Waals surface area contributed by atoms with E-state index in [9.17, 15) is 4.39 Å². The maximum atomic E-state index is 13.7. The quantitative estimate of drug-likeness (QED) is 0.771. The first kappa shape index (κ1) is 12.5. The molecule has 0 aliphatic rings. The lowest BCUT2D eigenvalue weighted by Gasteiger charge is -2.17. The molecule has 1 aromatic carbocycles. The number of benzene rings is 1. The van der Waals surface area contributed by atoms with Crippen LogP contribution in [0.4, 0.5) is 4.39 Å². The van der Waals surface area contributed by atoms with Crippen LogP contribution < -0.4 is 5.32 Å². The summed E-state index contributed by atoms with van der Waals surface area (Å²) in [6.45, 7) is 6.97. The highest BCUT2D eigenvalue weighted by molar-refractivity contribution is 7.99. The molecule has 0 radical (unpaired) electrons. The van der Waals surface area contributed by atoms with Gasteiger partial charge in [0.2, 0.25) is 0 Å². The zero-order valence-corrected chi connectivity index (χ0v) is 10.3. The van der Waals surface area contributed by atoms with E-state index in [0.29, 0.717) is 0 Å². The Hall–Kier alpha value is -0.540. The first-order valence-corrected chi connectivity index (χ1v) is 6.33. The molecule has 0 saturated heterocycles. The van der Waals surface area contributed by atoms with E-state index in [0.717, 1.165) is 22.8 Å². The fourth-order valence-corrected chi connectivity index (χ4v) is 2.54. The lowest BCUT2D eigenvalue weighted by atomic mass is 10.1. The summed E-state index contributed by atoms with van der Waals surface area (Å²) >= 11 is 1.69. The van der Waals surface area contributed by atoms with Crippen LogP contribution in [0.15, 0.2) is 23.1 Å². The average molecular weight is 227 g/mol. The van der Waals surface area contributed by atoms with Crippen LogP contribution in [0.25, 0.3) is 0 Å². The SMILES string of the molecule is CCNC(C)c1c(F)cccc1SCC. The van der Waals surface area contributed by atoms with Crippen molar-refractivity contribution in [2.45, 2.75) is 31.7 Å². The Morgan fingerprint density at radius 2 is 2.13 bits per heavy atom. The zero-order valence-electron chi connectivity index (χ0n) is 9.51. The van der Waals surface area contributed by atoms with E-state index in [1.165, 1.54) is 6.07 Å². The number of nitrogens with one attached hydrogen (secondary N) is 1. The molecule has 0 fully saturated rings. The van der Waals surface area contributed by atoms with Gasteiger partial charge in [0.05, 0.1) is 0 Å². The van der Waals surface area contributed by atoms with Gasteiger partial charge in [-0.3, -0.25) is 0 Å². The smallest absolute Gasteiger partial charge is 0.129 e. The van der Waals surface area contributed by atoms with Crippen molar-refractivity contribution in [3.8, 4) is 0 Å². The topological polar surface area (TPSA) is 12.0 Å². The van der Waals surface area contributed by atoms with E-state index in [4.69, 9.17) is 0 Å². The summed E-state index contributed by atoms with van der Waals surface area (Å²) in [7, 11) is 0. The van der Waals surface area contributed by atoms with Crippen LogP contribution in [-0.4, -0.2) is 12.3 Å². The molecule has 1 aromatic rings. The molecular weight excluding hydrogens is 209 g/mol. The minimum absolute atomic E-state index is 0.0743. The monoisotopic (exact) mass is 227 g/mol. The fourth-order valence-electron chi connectivity index (χ4n) is 1.63. The van der Waals surface area contributed by atoms with Crippen molar-refractivity contribution in [2.75, 3.05) is 12.3 Å². The van der Waals surface area contributed by atoms with Gasteiger partial charge in [0, 0.05) is 16.5 Å². The maximum absolute atomic E-state index is 13.7. The number of halogens is 1. The van der Waals surface area contributed by atoms with Gasteiger partial charge >= 0.3 is 0 Å². The fraction of sp³-hybridized carbons (Fsp3) is 0.500. The van der Waals surface area contributed by atoms with Gasteiger partial charge in [0.15, 0.2) is 0 Å². The summed E-state index contributed by atoms with van der Waals surface area (Å²) in [5, 5.41) is 3.25. The van der Waals surface area contributed by atoms with Crippen LogP contribution in [0.2, 0.25) is 0 Å². The second-order valence-electron chi connectivity index (χ2n) is 3.36. The molecule has 0 aromatic heterocycles. The molecule has 0 aliphatic heterocycles. The third-order valence-corrected chi connectivity index (χ3v) is 3.21. The van der Waals surface area contributed by atoms with Gasteiger partial charge < -0.3 is 5.32 Å². The highest BCUT2D eigenvalue weighted by Crippen LogP contribution is 2.29. The van der Waals surface area contributed by atoms with Gasteiger partial charge in [-0.25, -0.2) is 4.39 Å². The van der Waals surface area contributed by atoms with E-state index in [1.807, 2.05) is 19.9 Å². The molecule has 84 valence electrons. The van der Waals surface area contributed by atoms with Gasteiger partial charge in [-0.1, -0.05) is 19.9 Å². The predicted molar refractivity (Wildman–Crippen MR) is 64.9 cm³/mol. The van der Waals surface area contributed by atoms with Crippen molar-refractivity contribution in [1.82, 2.24) is 5.32 Å². The number of hydrogen-bond donors (Lipinski definition) is 1. The summed E-state index contributed by atoms with van der Waals surface area (Å²) < 4.78 is 13.7. The summed E-state index contributed by atoms with van der Waals surface area (Å²) in [5.41, 5.74) is 0.797. The largest absolute Gasteiger partial charge is 0.310 e. The first-order chi connectivity index (χ1) is 7.20. The summed E-state index contributed by atoms with van der Waals surface area (Å²) in [5.74, 6) is 0.858. The Morgan fingerprint density at radius 3 is 2.73 bits per heavy atom. The minimum atomic E-state index is -0.109. The van der Waals surface area contributed by atoms with Crippen molar-refractivity contribution in [2.24, 2.45) is 0 Å². The van der Waals surface area contributed by atoms with Crippen LogP contribution in [-0.2, 0) is 0 Å². The molecule has 1 atom stereocenters. The summed E-state index contributed by atoms with van der Waals surface area (Å²) in [6.07, 6.45) is 0. The predicted octanol–water partition coefficient (Wildman–Crippen LogP) is 3.61. The first-order valence-electron chi connectivity index (χ1n) is 5.35. The zero-order chi connectivity index (χ0) is 11.3. The van der Waals surface area contributed by atoms with Crippen molar-refractivity contribution < 1.29 is 4.39 Å². The summed E-state index contributed by atoms with van der Waals surface area (Å²) in [4.78, 5) is 1.05. The summed E-state index contributed by atoms with van der Waals surface area (Å²) in [6, 6.07) is 5.36. The Balaban J connectivity index is 3.00. The molecular formula is C12H18FNS. The van der Waals surface area contributed by atoms with E-state index >= 15 is 0 Å². The van der Waals surface area contributed by atoms with Crippen LogP contribution in [0, 0.1) is 5.82 Å². The molecule has 1 nitrogen and oxygen atoms in total. The van der Waals surface area contributed by atoms with Crippen LogP contribution in [0.1, 0.15) is 32.4 Å². The molecule has 0 saturated carbocycles. The Labute approximate surface area is 95.5 Å². The number of rotatable bonds is 5. The molecule has 0 amide bonds. The molecule has 0 aliphatic carbocycles. The molecule has 1 unspecified atom stereocenters. The van der Waals surface area contributed by atoms with Crippen molar-refractivity contribution in [3.05, 3.63) is 29.6 Å². The van der Waals surface area contributed by atoms with Gasteiger partial charge in [-0.15, -0.1) is 11.8 Å². The van der Waals surface area contributed by atoms with E-state index in [2.05, 4.69) is 12.2 Å². The van der Waals surface area contributed by atoms with E-state index in [1.54, 1.807) is 17.8 Å². The molecule has 0 spiro atoms. The lowest BCUT2D eigenvalue weighted by Crippen LogP contribution is -2.19. The van der Waals surface area contributed by atoms with Gasteiger partial charge in [0.1, 0.15) is 5.82 Å². The van der Waals surface area contributed by atoms with Crippen molar-refractivity contribution >= 4 is 11.8 Å². The highest BCUT2D eigenvalue weighted by atomic mass is 32.2. The molecule has 1 rings (SSSR count). The van der Waals surface area contributed by atoms with E-state index < -0.39 is 0 Å². The molecule has 0 heterocycles. The number of hydrogen-bond acceptors (Lipinski definition) is 2. The van der Waals surface area contributed by atoms with Gasteiger partial charge in [-0.2, -0.15) is 0 Å². The molecule has 0 bridgehead atoms. The Kier molecular flexibility index (Phi) is 5.12. The standard InChI is InChI=1S/C12H18FNS/c1-4-14-9(3)12-10(13)7-6-8-11(12)15-5-2/h6-9,14H,4-5H2,1-3H3. The third-order valence-electron chi connectivity index (χ3n) is 2.26.